The van der Waals surface area contributed by atoms with Crippen LogP contribution in [0.1, 0.15) is 38.5 Å². The lowest BCUT2D eigenvalue weighted by Gasteiger charge is -2.28. The Hall–Kier alpha value is -1.06. The molecule has 2 rings (SSSR count). The van der Waals surface area contributed by atoms with Gasteiger partial charge in [0.15, 0.2) is 5.78 Å². The van der Waals surface area contributed by atoms with Gasteiger partial charge in [-0.25, -0.2) is 5.06 Å². The van der Waals surface area contributed by atoms with Gasteiger partial charge in [-0.1, -0.05) is 30.9 Å². The summed E-state index contributed by atoms with van der Waals surface area (Å²) in [6.07, 6.45) is 5.46. The molecule has 1 aliphatic carbocycles. The molecule has 3 nitrogen and oxygen atoms in total. The summed E-state index contributed by atoms with van der Waals surface area (Å²) in [5.41, 5.74) is 0.623. The molecule has 0 spiro atoms. The molecule has 1 unspecified atom stereocenters. The van der Waals surface area contributed by atoms with E-state index in [2.05, 4.69) is 0 Å². The summed E-state index contributed by atoms with van der Waals surface area (Å²) in [5, 5.41) is 11.9. The van der Waals surface area contributed by atoms with Gasteiger partial charge in [-0.2, -0.15) is 0 Å². The van der Waals surface area contributed by atoms with Crippen molar-refractivity contribution in [3.05, 3.63) is 29.3 Å². The first-order valence-electron chi connectivity index (χ1n) is 6.45. The number of benzene rings is 1. The van der Waals surface area contributed by atoms with Gasteiger partial charge in [-0.3, -0.25) is 10.0 Å². The van der Waals surface area contributed by atoms with E-state index in [1.54, 1.807) is 24.3 Å². The topological polar surface area (TPSA) is 40.5 Å². The lowest BCUT2D eigenvalue weighted by molar-refractivity contribution is -0.122. The van der Waals surface area contributed by atoms with E-state index < -0.39 is 6.04 Å². The van der Waals surface area contributed by atoms with Gasteiger partial charge in [0.05, 0.1) is 5.69 Å². The maximum atomic E-state index is 12.0. The molecule has 18 heavy (non-hydrogen) atoms. The van der Waals surface area contributed by atoms with Crippen LogP contribution < -0.4 is 5.06 Å². The van der Waals surface area contributed by atoms with Crippen LogP contribution in [0, 0.1) is 0 Å². The van der Waals surface area contributed by atoms with Crippen molar-refractivity contribution in [1.29, 1.82) is 0 Å². The highest BCUT2D eigenvalue weighted by Gasteiger charge is 2.25. The third kappa shape index (κ3) is 3.24. The van der Waals surface area contributed by atoms with Crippen molar-refractivity contribution in [2.75, 3.05) is 5.06 Å². The molecule has 0 aliphatic heterocycles. The second kappa shape index (κ2) is 6.21. The molecule has 1 fully saturated rings. The molecule has 0 radical (unpaired) electrons. The van der Waals surface area contributed by atoms with Crippen molar-refractivity contribution in [1.82, 2.24) is 0 Å². The molecule has 0 aromatic heterocycles. The fourth-order valence-corrected chi connectivity index (χ4v) is 2.48. The number of ketones is 1. The lowest BCUT2D eigenvalue weighted by atomic mass is 9.95. The second-order valence-corrected chi connectivity index (χ2v) is 5.19. The number of nitrogens with zero attached hydrogens (tertiary/aromatic N) is 1. The van der Waals surface area contributed by atoms with Gasteiger partial charge in [-0.05, 0) is 37.1 Å². The third-order valence-corrected chi connectivity index (χ3v) is 3.66. The number of carbonyl (C=O) groups is 1. The Morgan fingerprint density at radius 1 is 1.11 bits per heavy atom. The van der Waals surface area contributed by atoms with Gasteiger partial charge in [0.1, 0.15) is 6.04 Å². The number of carbonyl (C=O) groups excluding carboxylic acids is 1. The Morgan fingerprint density at radius 2 is 1.78 bits per heavy atom. The molecule has 0 bridgehead atoms. The third-order valence-electron chi connectivity index (χ3n) is 3.41. The summed E-state index contributed by atoms with van der Waals surface area (Å²) in [5.74, 6) is 0.132. The van der Waals surface area contributed by atoms with Crippen LogP contribution in [0.4, 0.5) is 5.69 Å². The predicted molar refractivity (Wildman–Crippen MR) is 72.2 cm³/mol. The quantitative estimate of drug-likeness (QED) is 0.828. The summed E-state index contributed by atoms with van der Waals surface area (Å²) in [4.78, 5) is 12.0. The number of anilines is 1. The van der Waals surface area contributed by atoms with Gasteiger partial charge >= 0.3 is 0 Å². The Bertz CT molecular complexity index is 405. The van der Waals surface area contributed by atoms with Crippen LogP contribution in [0.15, 0.2) is 24.3 Å². The minimum absolute atomic E-state index is 0.132. The SMILES string of the molecule is O=C1CCCCCCC1N(O)c1ccc(Cl)cc1. The summed E-state index contributed by atoms with van der Waals surface area (Å²) in [6, 6.07) is 6.48. The molecule has 1 N–H and O–H groups in total. The molecule has 98 valence electrons. The minimum Gasteiger partial charge on any atom is -0.297 e. The van der Waals surface area contributed by atoms with Gasteiger partial charge in [-0.15, -0.1) is 0 Å². The first kappa shape index (κ1) is 13.4. The Labute approximate surface area is 112 Å². The van der Waals surface area contributed by atoms with E-state index in [9.17, 15) is 10.0 Å². The predicted octanol–water partition coefficient (Wildman–Crippen LogP) is 3.83. The normalized spacial score (nSPS) is 21.2. The standard InChI is InChI=1S/C14H18ClNO2/c15-11-7-9-12(10-8-11)16(18)13-5-3-1-2-4-6-14(13)17/h7-10,13,18H,1-6H2. The van der Waals surface area contributed by atoms with E-state index in [1.807, 2.05) is 0 Å². The average Bonchev–Trinajstić information content (AvgIpc) is 2.35. The zero-order valence-electron chi connectivity index (χ0n) is 10.3. The minimum atomic E-state index is -0.411. The van der Waals surface area contributed by atoms with E-state index in [1.165, 1.54) is 0 Å². The Kier molecular flexibility index (Phi) is 4.61. The van der Waals surface area contributed by atoms with Crippen LogP contribution in [0.5, 0.6) is 0 Å². The first-order valence-corrected chi connectivity index (χ1v) is 6.82. The molecule has 1 aliphatic rings. The largest absolute Gasteiger partial charge is 0.297 e. The first-order chi connectivity index (χ1) is 8.68. The monoisotopic (exact) mass is 267 g/mol. The maximum absolute atomic E-state index is 12.0. The number of hydrogen-bond donors (Lipinski definition) is 1. The van der Waals surface area contributed by atoms with Gasteiger partial charge in [0.2, 0.25) is 0 Å². The van der Waals surface area contributed by atoms with Crippen molar-refractivity contribution < 1.29 is 10.0 Å². The summed E-state index contributed by atoms with van der Waals surface area (Å²) in [7, 11) is 0. The highest BCUT2D eigenvalue weighted by Crippen LogP contribution is 2.24. The average molecular weight is 268 g/mol. The molecule has 0 amide bonds. The Morgan fingerprint density at radius 3 is 2.50 bits per heavy atom. The van der Waals surface area contributed by atoms with Crippen molar-refractivity contribution >= 4 is 23.1 Å². The zero-order valence-corrected chi connectivity index (χ0v) is 11.1. The molecule has 1 saturated carbocycles. The lowest BCUT2D eigenvalue weighted by Crippen LogP contribution is -2.39. The van der Waals surface area contributed by atoms with Gasteiger partial charge in [0, 0.05) is 11.4 Å². The van der Waals surface area contributed by atoms with Gasteiger partial charge < -0.3 is 0 Å². The van der Waals surface area contributed by atoms with Crippen LogP contribution in [0.2, 0.25) is 5.02 Å². The molecule has 1 aromatic rings. The van der Waals surface area contributed by atoms with Gasteiger partial charge in [0.25, 0.3) is 0 Å². The fourth-order valence-electron chi connectivity index (χ4n) is 2.35. The van der Waals surface area contributed by atoms with Crippen LogP contribution in [-0.4, -0.2) is 17.0 Å². The number of halogens is 1. The molecule has 0 heterocycles. The molecular weight excluding hydrogens is 250 g/mol. The molecular formula is C14H18ClNO2. The summed E-state index contributed by atoms with van der Waals surface area (Å²) in [6.45, 7) is 0. The van der Waals surface area contributed by atoms with E-state index in [0.717, 1.165) is 37.2 Å². The number of rotatable bonds is 2. The molecule has 4 heteroatoms. The van der Waals surface area contributed by atoms with Crippen LogP contribution >= 0.6 is 11.6 Å². The van der Waals surface area contributed by atoms with E-state index in [0.29, 0.717) is 17.1 Å². The second-order valence-electron chi connectivity index (χ2n) is 4.76. The van der Waals surface area contributed by atoms with E-state index in [-0.39, 0.29) is 5.78 Å². The van der Waals surface area contributed by atoms with Crippen molar-refractivity contribution in [3.63, 3.8) is 0 Å². The van der Waals surface area contributed by atoms with Crippen LogP contribution in [-0.2, 0) is 4.79 Å². The number of hydroxylamine groups is 1. The highest BCUT2D eigenvalue weighted by atomic mass is 35.5. The zero-order chi connectivity index (χ0) is 13.0. The molecule has 1 atom stereocenters. The van der Waals surface area contributed by atoms with Crippen molar-refractivity contribution in [2.45, 2.75) is 44.6 Å². The van der Waals surface area contributed by atoms with E-state index >= 15 is 0 Å². The fraction of sp³-hybridized carbons (Fsp3) is 0.500. The number of hydrogen-bond acceptors (Lipinski definition) is 3. The van der Waals surface area contributed by atoms with E-state index in [4.69, 9.17) is 11.6 Å². The van der Waals surface area contributed by atoms with Crippen LogP contribution in [0.25, 0.3) is 0 Å². The molecule has 0 saturated heterocycles. The van der Waals surface area contributed by atoms with Crippen molar-refractivity contribution in [3.8, 4) is 0 Å². The highest BCUT2D eigenvalue weighted by molar-refractivity contribution is 6.30. The number of Topliss-reactive ketones (excluding diaryl/α,β-unsaturated/α-hetero) is 1. The maximum Gasteiger partial charge on any atom is 0.157 e. The van der Waals surface area contributed by atoms with Crippen molar-refractivity contribution in [2.24, 2.45) is 0 Å². The smallest absolute Gasteiger partial charge is 0.157 e. The molecule has 1 aromatic carbocycles. The van der Waals surface area contributed by atoms with Crippen LogP contribution in [0.3, 0.4) is 0 Å². The summed E-state index contributed by atoms with van der Waals surface area (Å²) < 4.78 is 0. The Balaban J connectivity index is 2.12. The summed E-state index contributed by atoms with van der Waals surface area (Å²) >= 11 is 5.81.